The monoisotopic (exact) mass is 150 g/mol. The van der Waals surface area contributed by atoms with Crippen molar-refractivity contribution < 1.29 is 0 Å². The van der Waals surface area contributed by atoms with E-state index in [-0.39, 0.29) is 0 Å². The second kappa shape index (κ2) is 4.38. The van der Waals surface area contributed by atoms with Crippen molar-refractivity contribution in [3.05, 3.63) is 24.3 Å². The first-order valence-electron chi connectivity index (χ1n) is 4.62. The van der Waals surface area contributed by atoms with Crippen molar-refractivity contribution in [2.45, 2.75) is 33.1 Å². The van der Waals surface area contributed by atoms with Gasteiger partial charge in [0.05, 0.1) is 0 Å². The van der Waals surface area contributed by atoms with Gasteiger partial charge in [0.15, 0.2) is 0 Å². The van der Waals surface area contributed by atoms with Crippen molar-refractivity contribution in [2.24, 2.45) is 11.8 Å². The summed E-state index contributed by atoms with van der Waals surface area (Å²) in [6.45, 7) is 4.60. The lowest BCUT2D eigenvalue weighted by atomic mass is 9.93. The van der Waals surface area contributed by atoms with Gasteiger partial charge in [-0.25, -0.2) is 0 Å². The van der Waals surface area contributed by atoms with Crippen LogP contribution in [0.5, 0.6) is 0 Å². The maximum absolute atomic E-state index is 2.35. The molecule has 0 bridgehead atoms. The van der Waals surface area contributed by atoms with Crippen LogP contribution in [0.25, 0.3) is 0 Å². The Kier molecular flexibility index (Phi) is 3.41. The minimum absolute atomic E-state index is 0.824. The van der Waals surface area contributed by atoms with E-state index in [0.717, 1.165) is 11.8 Å². The van der Waals surface area contributed by atoms with E-state index in [9.17, 15) is 0 Å². The first-order chi connectivity index (χ1) is 5.29. The van der Waals surface area contributed by atoms with E-state index in [2.05, 4.69) is 38.2 Å². The third-order valence-corrected chi connectivity index (χ3v) is 2.11. The lowest BCUT2D eigenvalue weighted by Gasteiger charge is -2.12. The Morgan fingerprint density at radius 3 is 2.91 bits per heavy atom. The molecule has 0 aromatic heterocycles. The number of hydrogen-bond acceptors (Lipinski definition) is 0. The molecule has 0 heterocycles. The normalized spacial score (nSPS) is 24.1. The Labute approximate surface area is 70.0 Å². The van der Waals surface area contributed by atoms with Gasteiger partial charge in [-0.15, -0.1) is 0 Å². The predicted molar refractivity (Wildman–Crippen MR) is 50.5 cm³/mol. The third-order valence-electron chi connectivity index (χ3n) is 2.11. The minimum Gasteiger partial charge on any atom is -0.0845 e. The van der Waals surface area contributed by atoms with Gasteiger partial charge in [-0.3, -0.25) is 0 Å². The standard InChI is InChI=1S/C11H18/c1-10(2)9-11-7-5-3-4-6-8-11/h3-5,7,10-11H,6,8-9H2,1-2H3. The van der Waals surface area contributed by atoms with E-state index in [4.69, 9.17) is 0 Å². The Morgan fingerprint density at radius 2 is 2.18 bits per heavy atom. The Morgan fingerprint density at radius 1 is 1.36 bits per heavy atom. The Hall–Kier alpha value is -0.520. The highest BCUT2D eigenvalue weighted by atomic mass is 14.1. The summed E-state index contributed by atoms with van der Waals surface area (Å²) in [4.78, 5) is 0. The molecule has 1 aliphatic rings. The molecule has 11 heavy (non-hydrogen) atoms. The molecule has 1 atom stereocenters. The van der Waals surface area contributed by atoms with Gasteiger partial charge in [-0.05, 0) is 31.1 Å². The molecule has 0 N–H and O–H groups in total. The van der Waals surface area contributed by atoms with Crippen molar-refractivity contribution in [3.8, 4) is 0 Å². The van der Waals surface area contributed by atoms with Crippen molar-refractivity contribution in [1.29, 1.82) is 0 Å². The molecule has 0 aromatic rings. The molecule has 0 spiro atoms. The summed E-state index contributed by atoms with van der Waals surface area (Å²) in [6.07, 6.45) is 12.9. The minimum atomic E-state index is 0.824. The molecule has 0 nitrogen and oxygen atoms in total. The van der Waals surface area contributed by atoms with Crippen molar-refractivity contribution in [2.75, 3.05) is 0 Å². The summed E-state index contributed by atoms with van der Waals surface area (Å²) < 4.78 is 0. The van der Waals surface area contributed by atoms with Crippen LogP contribution in [0.15, 0.2) is 24.3 Å². The highest BCUT2D eigenvalue weighted by Crippen LogP contribution is 2.20. The molecule has 0 radical (unpaired) electrons. The summed E-state index contributed by atoms with van der Waals surface area (Å²) >= 11 is 0. The van der Waals surface area contributed by atoms with Gasteiger partial charge in [0, 0.05) is 0 Å². The number of hydrogen-bond donors (Lipinski definition) is 0. The van der Waals surface area contributed by atoms with E-state index in [1.807, 2.05) is 0 Å². The Balaban J connectivity index is 2.35. The van der Waals surface area contributed by atoms with Crippen LogP contribution in [-0.4, -0.2) is 0 Å². The van der Waals surface area contributed by atoms with Gasteiger partial charge in [0.2, 0.25) is 0 Å². The molecule has 0 saturated carbocycles. The van der Waals surface area contributed by atoms with Gasteiger partial charge in [0.25, 0.3) is 0 Å². The first-order valence-corrected chi connectivity index (χ1v) is 4.62. The molecular weight excluding hydrogens is 132 g/mol. The van der Waals surface area contributed by atoms with E-state index in [1.165, 1.54) is 19.3 Å². The number of rotatable bonds is 2. The van der Waals surface area contributed by atoms with Crippen molar-refractivity contribution >= 4 is 0 Å². The van der Waals surface area contributed by atoms with Crippen LogP contribution in [0.2, 0.25) is 0 Å². The zero-order valence-electron chi connectivity index (χ0n) is 7.59. The maximum Gasteiger partial charge on any atom is -0.0225 e. The van der Waals surface area contributed by atoms with Gasteiger partial charge < -0.3 is 0 Å². The fourth-order valence-electron chi connectivity index (χ4n) is 1.60. The van der Waals surface area contributed by atoms with E-state index >= 15 is 0 Å². The maximum atomic E-state index is 2.35. The Bertz CT molecular complexity index is 151. The largest absolute Gasteiger partial charge is 0.0845 e. The van der Waals surface area contributed by atoms with Crippen molar-refractivity contribution in [3.63, 3.8) is 0 Å². The second-order valence-corrected chi connectivity index (χ2v) is 3.78. The van der Waals surface area contributed by atoms with Crippen LogP contribution in [0.1, 0.15) is 33.1 Å². The molecule has 1 unspecified atom stereocenters. The van der Waals surface area contributed by atoms with Crippen LogP contribution in [0, 0.1) is 11.8 Å². The van der Waals surface area contributed by atoms with Gasteiger partial charge in [-0.2, -0.15) is 0 Å². The average Bonchev–Trinajstić information content (AvgIpc) is 2.14. The molecule has 0 heteroatoms. The molecule has 1 aliphatic carbocycles. The molecule has 1 rings (SSSR count). The topological polar surface area (TPSA) is 0 Å². The van der Waals surface area contributed by atoms with Gasteiger partial charge in [0.1, 0.15) is 0 Å². The van der Waals surface area contributed by atoms with Gasteiger partial charge in [-0.1, -0.05) is 38.2 Å². The van der Waals surface area contributed by atoms with E-state index in [0.29, 0.717) is 0 Å². The quantitative estimate of drug-likeness (QED) is 0.564. The van der Waals surface area contributed by atoms with E-state index in [1.54, 1.807) is 0 Å². The average molecular weight is 150 g/mol. The van der Waals surface area contributed by atoms with Crippen LogP contribution in [0.3, 0.4) is 0 Å². The molecule has 62 valence electrons. The SMILES string of the molecule is CC(C)CC1C=CC=CCC1. The summed E-state index contributed by atoms with van der Waals surface area (Å²) in [5.74, 6) is 1.66. The van der Waals surface area contributed by atoms with E-state index < -0.39 is 0 Å². The molecule has 0 saturated heterocycles. The molecule has 0 aromatic carbocycles. The molecule has 0 aliphatic heterocycles. The molecule has 0 amide bonds. The smallest absolute Gasteiger partial charge is 0.0225 e. The summed E-state index contributed by atoms with van der Waals surface area (Å²) in [6, 6.07) is 0. The zero-order chi connectivity index (χ0) is 8.10. The molecule has 0 fully saturated rings. The fraction of sp³-hybridized carbons (Fsp3) is 0.636. The van der Waals surface area contributed by atoms with Crippen LogP contribution in [-0.2, 0) is 0 Å². The fourth-order valence-corrected chi connectivity index (χ4v) is 1.60. The summed E-state index contributed by atoms with van der Waals surface area (Å²) in [7, 11) is 0. The third kappa shape index (κ3) is 3.41. The van der Waals surface area contributed by atoms with Crippen LogP contribution in [0.4, 0.5) is 0 Å². The highest BCUT2D eigenvalue weighted by molar-refractivity contribution is 5.07. The second-order valence-electron chi connectivity index (χ2n) is 3.78. The molecular formula is C11H18. The number of allylic oxidation sites excluding steroid dienone is 4. The lowest BCUT2D eigenvalue weighted by Crippen LogP contribution is -2.00. The highest BCUT2D eigenvalue weighted by Gasteiger charge is 2.06. The lowest BCUT2D eigenvalue weighted by molar-refractivity contribution is 0.456. The van der Waals surface area contributed by atoms with Crippen LogP contribution >= 0.6 is 0 Å². The first kappa shape index (κ1) is 8.58. The zero-order valence-corrected chi connectivity index (χ0v) is 7.59. The summed E-state index contributed by atoms with van der Waals surface area (Å²) in [5, 5.41) is 0. The summed E-state index contributed by atoms with van der Waals surface area (Å²) in [5.41, 5.74) is 0. The van der Waals surface area contributed by atoms with Crippen molar-refractivity contribution in [1.82, 2.24) is 0 Å². The predicted octanol–water partition coefficient (Wildman–Crippen LogP) is 3.55. The van der Waals surface area contributed by atoms with Gasteiger partial charge >= 0.3 is 0 Å². The van der Waals surface area contributed by atoms with Crippen LogP contribution < -0.4 is 0 Å².